The van der Waals surface area contributed by atoms with Gasteiger partial charge in [0.15, 0.2) is 0 Å². The van der Waals surface area contributed by atoms with Crippen LogP contribution in [0, 0.1) is 0 Å². The van der Waals surface area contributed by atoms with Gasteiger partial charge in [-0.25, -0.2) is 4.79 Å². The number of amides is 3. The van der Waals surface area contributed by atoms with Gasteiger partial charge >= 0.3 is 5.97 Å². The van der Waals surface area contributed by atoms with E-state index in [-0.39, 0.29) is 17.2 Å². The number of hydrogen-bond acceptors (Lipinski definition) is 5. The number of carboxylic acid groups (broad SMARTS) is 1. The van der Waals surface area contributed by atoms with Crippen LogP contribution in [0.1, 0.15) is 37.1 Å². The Hall–Kier alpha value is -5.45. The van der Waals surface area contributed by atoms with Crippen molar-refractivity contribution in [1.82, 2.24) is 5.32 Å². The predicted octanol–water partition coefficient (Wildman–Crippen LogP) is 8.03. The number of hydrogen-bond donors (Lipinski definition) is 4. The van der Waals surface area contributed by atoms with E-state index >= 15 is 0 Å². The van der Waals surface area contributed by atoms with Crippen molar-refractivity contribution in [1.29, 1.82) is 0 Å². The molecule has 0 saturated carbocycles. The Balaban J connectivity index is 1.33. The van der Waals surface area contributed by atoms with E-state index in [2.05, 4.69) is 31.9 Å². The zero-order chi connectivity index (χ0) is 33.2. The number of anilines is 2. The van der Waals surface area contributed by atoms with Crippen LogP contribution in [0.3, 0.4) is 0 Å². The maximum Gasteiger partial charge on any atom is 0.335 e. The van der Waals surface area contributed by atoms with Gasteiger partial charge in [0.25, 0.3) is 11.8 Å². The lowest BCUT2D eigenvalue weighted by Gasteiger charge is -2.18. The molecule has 0 heterocycles. The first kappa shape index (κ1) is 32.9. The minimum absolute atomic E-state index is 0.0585. The van der Waals surface area contributed by atoms with Gasteiger partial charge in [-0.3, -0.25) is 14.4 Å². The lowest BCUT2D eigenvalue weighted by atomic mass is 10.1. The lowest BCUT2D eigenvalue weighted by Crippen LogP contribution is -2.30. The van der Waals surface area contributed by atoms with Crippen molar-refractivity contribution in [3.63, 3.8) is 0 Å². The topological polar surface area (TPSA) is 125 Å². The number of rotatable bonds is 11. The van der Waals surface area contributed by atoms with Gasteiger partial charge in [-0.1, -0.05) is 82.7 Å². The highest BCUT2D eigenvalue weighted by Crippen LogP contribution is 2.37. The van der Waals surface area contributed by atoms with E-state index in [4.69, 9.17) is 0 Å². The van der Waals surface area contributed by atoms with E-state index in [0.717, 1.165) is 14.9 Å². The van der Waals surface area contributed by atoms with Gasteiger partial charge < -0.3 is 21.1 Å². The molecular weight excluding hydrogens is 678 g/mol. The van der Waals surface area contributed by atoms with E-state index in [1.807, 2.05) is 54.6 Å². The highest BCUT2D eigenvalue weighted by Gasteiger charge is 2.23. The van der Waals surface area contributed by atoms with Crippen LogP contribution in [-0.4, -0.2) is 28.8 Å². The first-order valence-electron chi connectivity index (χ1n) is 14.4. The lowest BCUT2D eigenvalue weighted by molar-refractivity contribution is -0.116. The fourth-order valence-corrected chi connectivity index (χ4v) is 5.94. The molecule has 1 atom stereocenters. The number of nitrogens with one attached hydrogen (secondary N) is 3. The van der Waals surface area contributed by atoms with Gasteiger partial charge in [0.2, 0.25) is 5.91 Å². The van der Waals surface area contributed by atoms with Gasteiger partial charge in [-0.05, 0) is 83.9 Å². The number of aromatic carboxylic acids is 1. The van der Waals surface area contributed by atoms with Crippen molar-refractivity contribution < 1.29 is 24.3 Å². The minimum Gasteiger partial charge on any atom is -0.478 e. The summed E-state index contributed by atoms with van der Waals surface area (Å²) in [6, 6.07) is 38.3. The average Bonchev–Trinajstić information content (AvgIpc) is 3.08. The summed E-state index contributed by atoms with van der Waals surface area (Å²) in [5, 5.41) is 17.1. The SMILES string of the molecule is O=C(Nc1ccc(SC(C(=O)Nc2cccc(C(=O)O)c2)c2ccccc2)cc1)/C(=C/c1cccc(Br)c1)NC(=O)c1ccccc1. The van der Waals surface area contributed by atoms with E-state index in [1.165, 1.54) is 23.9 Å². The summed E-state index contributed by atoms with van der Waals surface area (Å²) in [7, 11) is 0. The molecule has 0 aliphatic rings. The maximum absolute atomic E-state index is 13.5. The Labute approximate surface area is 284 Å². The molecule has 234 valence electrons. The molecular formula is C37H28BrN3O5S. The number of benzene rings is 5. The third-order valence-corrected chi connectivity index (χ3v) is 8.53. The Morgan fingerprint density at radius 1 is 0.681 bits per heavy atom. The Morgan fingerprint density at radius 2 is 1.34 bits per heavy atom. The fraction of sp³-hybridized carbons (Fsp3) is 0.0270. The Morgan fingerprint density at radius 3 is 2.02 bits per heavy atom. The van der Waals surface area contributed by atoms with Gasteiger partial charge in [0, 0.05) is 26.3 Å². The van der Waals surface area contributed by atoms with Gasteiger partial charge in [0.1, 0.15) is 10.9 Å². The molecule has 5 aromatic rings. The fourth-order valence-electron chi connectivity index (χ4n) is 4.50. The molecule has 0 radical (unpaired) electrons. The summed E-state index contributed by atoms with van der Waals surface area (Å²) in [6.45, 7) is 0. The summed E-state index contributed by atoms with van der Waals surface area (Å²) in [6.07, 6.45) is 1.60. The van der Waals surface area contributed by atoms with Gasteiger partial charge in [-0.15, -0.1) is 11.8 Å². The van der Waals surface area contributed by atoms with Crippen molar-refractivity contribution in [3.8, 4) is 0 Å². The van der Waals surface area contributed by atoms with Crippen LogP contribution in [-0.2, 0) is 9.59 Å². The maximum atomic E-state index is 13.5. The van der Waals surface area contributed by atoms with Gasteiger partial charge in [-0.2, -0.15) is 0 Å². The van der Waals surface area contributed by atoms with Crippen LogP contribution in [0.5, 0.6) is 0 Å². The number of halogens is 1. The van der Waals surface area contributed by atoms with Crippen LogP contribution in [0.25, 0.3) is 6.08 Å². The second-order valence-corrected chi connectivity index (χ2v) is 12.3. The zero-order valence-electron chi connectivity index (χ0n) is 24.7. The number of thioether (sulfide) groups is 1. The highest BCUT2D eigenvalue weighted by molar-refractivity contribution is 9.10. The zero-order valence-corrected chi connectivity index (χ0v) is 27.1. The van der Waals surface area contributed by atoms with Crippen molar-refractivity contribution in [3.05, 3.63) is 166 Å². The predicted molar refractivity (Wildman–Crippen MR) is 188 cm³/mol. The van der Waals surface area contributed by atoms with Crippen LogP contribution in [0.15, 0.2) is 149 Å². The summed E-state index contributed by atoms with van der Waals surface area (Å²) in [5.41, 5.74) is 2.87. The number of carbonyl (C=O) groups excluding carboxylic acids is 3. The Bertz CT molecular complexity index is 1930. The molecule has 5 rings (SSSR count). The van der Waals surface area contributed by atoms with Crippen LogP contribution in [0.2, 0.25) is 0 Å². The van der Waals surface area contributed by atoms with Crippen LogP contribution >= 0.6 is 27.7 Å². The van der Waals surface area contributed by atoms with E-state index in [1.54, 1.807) is 72.8 Å². The van der Waals surface area contributed by atoms with E-state index < -0.39 is 23.0 Å². The molecule has 0 aromatic heterocycles. The number of carbonyl (C=O) groups is 4. The molecule has 10 heteroatoms. The molecule has 5 aromatic carbocycles. The molecule has 47 heavy (non-hydrogen) atoms. The molecule has 0 aliphatic carbocycles. The second-order valence-electron chi connectivity index (χ2n) is 10.2. The first-order chi connectivity index (χ1) is 22.7. The molecule has 4 N–H and O–H groups in total. The van der Waals surface area contributed by atoms with Crippen molar-refractivity contribution in [2.75, 3.05) is 10.6 Å². The molecule has 1 unspecified atom stereocenters. The monoisotopic (exact) mass is 705 g/mol. The summed E-state index contributed by atoms with van der Waals surface area (Å²) in [4.78, 5) is 52.0. The average molecular weight is 707 g/mol. The third-order valence-electron chi connectivity index (χ3n) is 6.77. The van der Waals surface area contributed by atoms with E-state index in [9.17, 15) is 24.3 Å². The molecule has 0 fully saturated rings. The van der Waals surface area contributed by atoms with Crippen molar-refractivity contribution in [2.45, 2.75) is 10.1 Å². The third kappa shape index (κ3) is 9.29. The molecule has 0 bridgehead atoms. The summed E-state index contributed by atoms with van der Waals surface area (Å²) < 4.78 is 0.824. The molecule has 3 amide bonds. The minimum atomic E-state index is -1.09. The standard InChI is InChI=1S/C37H28BrN3O5S/c38-28-15-7-9-24(21-28)22-32(41-34(42)26-12-5-2-6-13-26)35(43)39-29-17-19-31(20-18-29)47-33(25-10-3-1-4-11-25)36(44)40-30-16-8-14-27(23-30)37(45)46/h1-23,33H,(H,39,43)(H,40,44)(H,41,42)(H,45,46)/b32-22-. The molecule has 0 aliphatic heterocycles. The molecule has 0 spiro atoms. The second kappa shape index (κ2) is 15.7. The van der Waals surface area contributed by atoms with Crippen molar-refractivity contribution >= 4 is 68.8 Å². The van der Waals surface area contributed by atoms with E-state index in [0.29, 0.717) is 22.5 Å². The summed E-state index contributed by atoms with van der Waals surface area (Å²) >= 11 is 4.75. The quantitative estimate of drug-likeness (QED) is 0.0815. The normalized spacial score (nSPS) is 11.6. The number of carboxylic acids is 1. The van der Waals surface area contributed by atoms with Crippen LogP contribution < -0.4 is 16.0 Å². The molecule has 0 saturated heterocycles. The van der Waals surface area contributed by atoms with Gasteiger partial charge in [0.05, 0.1) is 5.56 Å². The highest BCUT2D eigenvalue weighted by atomic mass is 79.9. The van der Waals surface area contributed by atoms with Crippen LogP contribution in [0.4, 0.5) is 11.4 Å². The molecule has 8 nitrogen and oxygen atoms in total. The van der Waals surface area contributed by atoms with Crippen molar-refractivity contribution in [2.24, 2.45) is 0 Å². The largest absolute Gasteiger partial charge is 0.478 e. The first-order valence-corrected chi connectivity index (χ1v) is 16.0. The summed E-state index contributed by atoms with van der Waals surface area (Å²) in [5.74, 6) is -2.34. The smallest absolute Gasteiger partial charge is 0.335 e. The Kier molecular flexibility index (Phi) is 11.0.